The van der Waals surface area contributed by atoms with Gasteiger partial charge in [-0.1, -0.05) is 54.1 Å². The molecule has 0 bridgehead atoms. The fourth-order valence-corrected chi connectivity index (χ4v) is 2.71. The van der Waals surface area contributed by atoms with Gasteiger partial charge < -0.3 is 5.11 Å². The molecule has 0 aliphatic rings. The molecular formula is C16H16BrClO. The quantitative estimate of drug-likeness (QED) is 0.798. The average molecular weight is 340 g/mol. The Morgan fingerprint density at radius 3 is 2.53 bits per heavy atom. The van der Waals surface area contributed by atoms with Crippen LogP contribution in [0, 0.1) is 0 Å². The van der Waals surface area contributed by atoms with Crippen LogP contribution in [-0.2, 0) is 6.42 Å². The van der Waals surface area contributed by atoms with E-state index < -0.39 is 6.10 Å². The number of aliphatic hydroxyl groups excluding tert-OH is 1. The maximum Gasteiger partial charge on any atom is 0.0805 e. The van der Waals surface area contributed by atoms with Crippen molar-refractivity contribution in [3.63, 3.8) is 0 Å². The smallest absolute Gasteiger partial charge is 0.0805 e. The van der Waals surface area contributed by atoms with Crippen molar-refractivity contribution in [3.8, 4) is 0 Å². The first-order valence-corrected chi connectivity index (χ1v) is 7.51. The van der Waals surface area contributed by atoms with Gasteiger partial charge in [-0.15, -0.1) is 0 Å². The molecule has 19 heavy (non-hydrogen) atoms. The topological polar surface area (TPSA) is 20.2 Å². The SMILES string of the molecule is OC(CCCc1ccccc1)c1cccc(Br)c1Cl. The third kappa shape index (κ3) is 4.07. The first-order chi connectivity index (χ1) is 9.18. The van der Waals surface area contributed by atoms with Gasteiger partial charge in [0.1, 0.15) is 0 Å². The zero-order chi connectivity index (χ0) is 13.7. The monoisotopic (exact) mass is 338 g/mol. The third-order valence-corrected chi connectivity index (χ3v) is 4.44. The zero-order valence-corrected chi connectivity index (χ0v) is 12.9. The van der Waals surface area contributed by atoms with Gasteiger partial charge in [-0.2, -0.15) is 0 Å². The van der Waals surface area contributed by atoms with Crippen molar-refractivity contribution in [1.82, 2.24) is 0 Å². The molecule has 0 aliphatic heterocycles. The number of benzene rings is 2. The summed E-state index contributed by atoms with van der Waals surface area (Å²) in [5.41, 5.74) is 2.10. The molecule has 0 saturated carbocycles. The average Bonchev–Trinajstić information content (AvgIpc) is 2.43. The fraction of sp³-hybridized carbons (Fsp3) is 0.250. The van der Waals surface area contributed by atoms with Crippen molar-refractivity contribution in [2.24, 2.45) is 0 Å². The summed E-state index contributed by atoms with van der Waals surface area (Å²) in [5, 5.41) is 10.8. The van der Waals surface area contributed by atoms with Crippen LogP contribution < -0.4 is 0 Å². The number of aliphatic hydroxyl groups is 1. The number of rotatable bonds is 5. The van der Waals surface area contributed by atoms with E-state index in [9.17, 15) is 5.11 Å². The Balaban J connectivity index is 1.91. The second-order valence-electron chi connectivity index (χ2n) is 4.54. The Kier molecular flexibility index (Phi) is 5.44. The molecule has 1 N–H and O–H groups in total. The maximum atomic E-state index is 10.2. The lowest BCUT2D eigenvalue weighted by atomic mass is 10.0. The zero-order valence-electron chi connectivity index (χ0n) is 10.5. The minimum atomic E-state index is -0.506. The van der Waals surface area contributed by atoms with E-state index >= 15 is 0 Å². The predicted octanol–water partition coefficient (Wildman–Crippen LogP) is 5.16. The molecule has 0 spiro atoms. The first-order valence-electron chi connectivity index (χ1n) is 6.34. The summed E-state index contributed by atoms with van der Waals surface area (Å²) >= 11 is 9.55. The molecule has 0 fully saturated rings. The van der Waals surface area contributed by atoms with Gasteiger partial charge in [0.05, 0.1) is 11.1 Å². The van der Waals surface area contributed by atoms with Gasteiger partial charge in [0.15, 0.2) is 0 Å². The van der Waals surface area contributed by atoms with E-state index in [4.69, 9.17) is 11.6 Å². The molecule has 1 nitrogen and oxygen atoms in total. The lowest BCUT2D eigenvalue weighted by molar-refractivity contribution is 0.165. The maximum absolute atomic E-state index is 10.2. The van der Waals surface area contributed by atoms with Crippen molar-refractivity contribution >= 4 is 27.5 Å². The minimum absolute atomic E-state index is 0.506. The van der Waals surface area contributed by atoms with Gasteiger partial charge in [-0.3, -0.25) is 0 Å². The highest BCUT2D eigenvalue weighted by Gasteiger charge is 2.12. The Hall–Kier alpha value is -0.830. The van der Waals surface area contributed by atoms with Gasteiger partial charge in [-0.05, 0) is 46.8 Å². The second-order valence-corrected chi connectivity index (χ2v) is 5.77. The van der Waals surface area contributed by atoms with Gasteiger partial charge in [0.2, 0.25) is 0 Å². The molecule has 1 atom stereocenters. The van der Waals surface area contributed by atoms with Crippen LogP contribution in [0.3, 0.4) is 0 Å². The van der Waals surface area contributed by atoms with Crippen molar-refractivity contribution in [2.75, 3.05) is 0 Å². The van der Waals surface area contributed by atoms with Crippen molar-refractivity contribution < 1.29 is 5.11 Å². The first kappa shape index (κ1) is 14.6. The lowest BCUT2D eigenvalue weighted by Gasteiger charge is -2.13. The summed E-state index contributed by atoms with van der Waals surface area (Å²) < 4.78 is 0.828. The largest absolute Gasteiger partial charge is 0.388 e. The van der Waals surface area contributed by atoms with Gasteiger partial charge >= 0.3 is 0 Å². The molecule has 0 heterocycles. The highest BCUT2D eigenvalue weighted by Crippen LogP contribution is 2.32. The Bertz CT molecular complexity index is 528. The standard InChI is InChI=1S/C16H16BrClO/c17-14-10-5-9-13(16(14)18)15(19)11-4-8-12-6-2-1-3-7-12/h1-3,5-7,9-10,15,19H,4,8,11H2. The van der Waals surface area contributed by atoms with Crippen LogP contribution in [0.4, 0.5) is 0 Å². The molecule has 1 unspecified atom stereocenters. The highest BCUT2D eigenvalue weighted by molar-refractivity contribution is 9.10. The van der Waals surface area contributed by atoms with Gasteiger partial charge in [0, 0.05) is 10.0 Å². The van der Waals surface area contributed by atoms with Crippen molar-refractivity contribution in [2.45, 2.75) is 25.4 Å². The molecule has 2 aromatic rings. The van der Waals surface area contributed by atoms with E-state index in [2.05, 4.69) is 28.1 Å². The number of aryl methyl sites for hydroxylation is 1. The molecule has 2 rings (SSSR count). The minimum Gasteiger partial charge on any atom is -0.388 e. The van der Waals surface area contributed by atoms with Gasteiger partial charge in [0.25, 0.3) is 0 Å². The van der Waals surface area contributed by atoms with Crippen molar-refractivity contribution in [1.29, 1.82) is 0 Å². The fourth-order valence-electron chi connectivity index (χ4n) is 2.08. The van der Waals surface area contributed by atoms with Crippen molar-refractivity contribution in [3.05, 3.63) is 69.2 Å². The molecule has 100 valence electrons. The number of hydrogen-bond donors (Lipinski definition) is 1. The Labute approximate surface area is 127 Å². The lowest BCUT2D eigenvalue weighted by Crippen LogP contribution is -1.99. The van der Waals surface area contributed by atoms with E-state index in [-0.39, 0.29) is 0 Å². The highest BCUT2D eigenvalue weighted by atomic mass is 79.9. The molecule has 3 heteroatoms. The van der Waals surface area contributed by atoms with Crippen LogP contribution in [-0.4, -0.2) is 5.11 Å². The number of hydrogen-bond acceptors (Lipinski definition) is 1. The van der Waals surface area contributed by atoms with E-state index in [1.165, 1.54) is 5.56 Å². The van der Waals surface area contributed by atoms with Crippen LogP contribution in [0.5, 0.6) is 0 Å². The molecule has 0 aromatic heterocycles. The van der Waals surface area contributed by atoms with Crippen LogP contribution >= 0.6 is 27.5 Å². The molecule has 2 aromatic carbocycles. The summed E-state index contributed by atoms with van der Waals surface area (Å²) in [6, 6.07) is 16.0. The molecular weight excluding hydrogens is 324 g/mol. The Morgan fingerprint density at radius 2 is 1.79 bits per heavy atom. The number of halogens is 2. The van der Waals surface area contributed by atoms with E-state index in [1.807, 2.05) is 36.4 Å². The summed E-state index contributed by atoms with van der Waals surface area (Å²) in [6.07, 6.45) is 2.12. The van der Waals surface area contributed by atoms with Crippen LogP contribution in [0.2, 0.25) is 5.02 Å². The van der Waals surface area contributed by atoms with Crippen LogP contribution in [0.15, 0.2) is 53.0 Å². The molecule has 0 amide bonds. The van der Waals surface area contributed by atoms with E-state index in [1.54, 1.807) is 0 Å². The summed E-state index contributed by atoms with van der Waals surface area (Å²) in [7, 11) is 0. The second kappa shape index (κ2) is 7.09. The summed E-state index contributed by atoms with van der Waals surface area (Å²) in [6.45, 7) is 0. The molecule has 0 saturated heterocycles. The third-order valence-electron chi connectivity index (χ3n) is 3.13. The molecule has 0 radical (unpaired) electrons. The summed E-state index contributed by atoms with van der Waals surface area (Å²) in [5.74, 6) is 0. The van der Waals surface area contributed by atoms with Crippen LogP contribution in [0.1, 0.15) is 30.1 Å². The predicted molar refractivity (Wildman–Crippen MR) is 83.5 cm³/mol. The van der Waals surface area contributed by atoms with Crippen LogP contribution in [0.25, 0.3) is 0 Å². The normalized spacial score (nSPS) is 12.4. The Morgan fingerprint density at radius 1 is 1.05 bits per heavy atom. The van der Waals surface area contributed by atoms with E-state index in [0.717, 1.165) is 22.9 Å². The van der Waals surface area contributed by atoms with E-state index in [0.29, 0.717) is 11.4 Å². The van der Waals surface area contributed by atoms with Gasteiger partial charge in [-0.25, -0.2) is 0 Å². The molecule has 0 aliphatic carbocycles. The summed E-state index contributed by atoms with van der Waals surface area (Å²) in [4.78, 5) is 0.